The molecule has 6 nitrogen and oxygen atoms in total. The van der Waals surface area contributed by atoms with Crippen molar-refractivity contribution in [2.75, 3.05) is 24.3 Å². The Bertz CT molecular complexity index is 721. The van der Waals surface area contributed by atoms with E-state index in [4.69, 9.17) is 10.7 Å². The quantitative estimate of drug-likeness (QED) is 0.608. The summed E-state index contributed by atoms with van der Waals surface area (Å²) in [6.07, 6.45) is -0.00998. The lowest BCUT2D eigenvalue weighted by atomic mass is 10.1. The molecule has 1 atom stereocenters. The highest BCUT2D eigenvalue weighted by molar-refractivity contribution is 8.13. The molecular weight excluding hydrogens is 337 g/mol. The van der Waals surface area contributed by atoms with Gasteiger partial charge in [0.1, 0.15) is 5.82 Å². The van der Waals surface area contributed by atoms with E-state index < -0.39 is 26.8 Å². The normalized spacial score (nSPS) is 18.6. The molecule has 1 aliphatic heterocycles. The van der Waals surface area contributed by atoms with Crippen LogP contribution in [-0.2, 0) is 18.6 Å². The van der Waals surface area contributed by atoms with Crippen molar-refractivity contribution >= 4 is 37.3 Å². The third kappa shape index (κ3) is 3.75. The molecule has 1 aromatic carbocycles. The number of carbonyl (C=O) groups is 2. The minimum absolute atomic E-state index is 0.00998. The summed E-state index contributed by atoms with van der Waals surface area (Å²) in [4.78, 5) is 25.0. The zero-order chi connectivity index (χ0) is 16.5. The Morgan fingerprint density at radius 2 is 2.18 bits per heavy atom. The van der Waals surface area contributed by atoms with E-state index in [2.05, 4.69) is 4.74 Å². The highest BCUT2D eigenvalue weighted by Crippen LogP contribution is 2.30. The molecule has 1 amide bonds. The molecule has 0 saturated carbocycles. The largest absolute Gasteiger partial charge is 0.465 e. The number of ether oxygens (including phenoxy) is 1. The van der Waals surface area contributed by atoms with Crippen molar-refractivity contribution in [2.45, 2.75) is 6.42 Å². The molecule has 0 N–H and O–H groups in total. The van der Waals surface area contributed by atoms with Gasteiger partial charge in [0.15, 0.2) is 0 Å². The lowest BCUT2D eigenvalue weighted by molar-refractivity contribution is -0.117. The Kier molecular flexibility index (Phi) is 4.72. The first-order valence-corrected chi connectivity index (χ1v) is 8.79. The van der Waals surface area contributed by atoms with Crippen molar-refractivity contribution in [3.05, 3.63) is 29.6 Å². The summed E-state index contributed by atoms with van der Waals surface area (Å²) in [6, 6.07) is 3.37. The molecular formula is C13H13ClFNO5S. The lowest BCUT2D eigenvalue weighted by Crippen LogP contribution is -2.27. The van der Waals surface area contributed by atoms with Gasteiger partial charge < -0.3 is 9.64 Å². The van der Waals surface area contributed by atoms with E-state index in [1.807, 2.05) is 0 Å². The molecule has 0 radical (unpaired) electrons. The van der Waals surface area contributed by atoms with Crippen LogP contribution < -0.4 is 4.90 Å². The van der Waals surface area contributed by atoms with E-state index in [0.29, 0.717) is 0 Å². The molecule has 0 aliphatic carbocycles. The number of hydrogen-bond acceptors (Lipinski definition) is 5. The van der Waals surface area contributed by atoms with E-state index in [1.165, 1.54) is 11.0 Å². The molecule has 22 heavy (non-hydrogen) atoms. The number of halogens is 2. The van der Waals surface area contributed by atoms with Gasteiger partial charge in [-0.2, -0.15) is 0 Å². The number of benzene rings is 1. The highest BCUT2D eigenvalue weighted by atomic mass is 35.7. The topological polar surface area (TPSA) is 80.8 Å². The fraction of sp³-hybridized carbons (Fsp3) is 0.385. The van der Waals surface area contributed by atoms with E-state index in [9.17, 15) is 22.4 Å². The Morgan fingerprint density at radius 1 is 1.50 bits per heavy atom. The molecule has 0 aromatic heterocycles. The summed E-state index contributed by atoms with van der Waals surface area (Å²) in [5, 5.41) is 0. The number of hydrogen-bond donors (Lipinski definition) is 0. The van der Waals surface area contributed by atoms with Crippen LogP contribution >= 0.6 is 10.7 Å². The molecule has 0 bridgehead atoms. The van der Waals surface area contributed by atoms with Crippen LogP contribution in [-0.4, -0.2) is 39.7 Å². The Balaban J connectivity index is 2.32. The second-order valence-electron chi connectivity index (χ2n) is 4.93. The highest BCUT2D eigenvalue weighted by Gasteiger charge is 2.35. The molecule has 120 valence electrons. The van der Waals surface area contributed by atoms with Crippen LogP contribution in [0, 0.1) is 11.7 Å². The maximum Gasteiger partial charge on any atom is 0.340 e. The predicted octanol–water partition coefficient (Wildman–Crippen LogP) is 1.53. The summed E-state index contributed by atoms with van der Waals surface area (Å²) >= 11 is 0. The minimum Gasteiger partial charge on any atom is -0.465 e. The fourth-order valence-electron chi connectivity index (χ4n) is 2.42. The van der Waals surface area contributed by atoms with Crippen LogP contribution in [0.5, 0.6) is 0 Å². The number of nitrogens with zero attached hydrogens (tertiary/aromatic N) is 1. The Morgan fingerprint density at radius 3 is 2.77 bits per heavy atom. The van der Waals surface area contributed by atoms with E-state index in [0.717, 1.165) is 19.2 Å². The van der Waals surface area contributed by atoms with Crippen molar-refractivity contribution in [1.82, 2.24) is 0 Å². The number of esters is 1. The van der Waals surface area contributed by atoms with Crippen molar-refractivity contribution in [3.63, 3.8) is 0 Å². The second-order valence-corrected chi connectivity index (χ2v) is 7.75. The second kappa shape index (κ2) is 6.21. The van der Waals surface area contributed by atoms with Gasteiger partial charge in [-0.3, -0.25) is 4.79 Å². The first-order chi connectivity index (χ1) is 10.2. The molecule has 0 spiro atoms. The molecule has 1 heterocycles. The maximum absolute atomic E-state index is 13.3. The van der Waals surface area contributed by atoms with Gasteiger partial charge in [-0.1, -0.05) is 0 Å². The first kappa shape index (κ1) is 16.7. The summed E-state index contributed by atoms with van der Waals surface area (Å²) in [5.74, 6) is -2.61. The summed E-state index contributed by atoms with van der Waals surface area (Å²) in [5.41, 5.74) is 0.0953. The van der Waals surface area contributed by atoms with Crippen molar-refractivity contribution in [1.29, 1.82) is 0 Å². The van der Waals surface area contributed by atoms with Crippen molar-refractivity contribution in [3.8, 4) is 0 Å². The van der Waals surface area contributed by atoms with E-state index in [-0.39, 0.29) is 35.9 Å². The van der Waals surface area contributed by atoms with Crippen LogP contribution in [0.25, 0.3) is 0 Å². The average Bonchev–Trinajstić information content (AvgIpc) is 2.76. The summed E-state index contributed by atoms with van der Waals surface area (Å²) < 4.78 is 40.1. The van der Waals surface area contributed by atoms with Crippen LogP contribution in [0.4, 0.5) is 10.1 Å². The summed E-state index contributed by atoms with van der Waals surface area (Å²) in [7, 11) is 2.61. The van der Waals surface area contributed by atoms with E-state index >= 15 is 0 Å². The average molecular weight is 350 g/mol. The van der Waals surface area contributed by atoms with Gasteiger partial charge in [-0.15, -0.1) is 0 Å². The van der Waals surface area contributed by atoms with Crippen LogP contribution in [0.2, 0.25) is 0 Å². The zero-order valence-electron chi connectivity index (χ0n) is 11.6. The van der Waals surface area contributed by atoms with Crippen molar-refractivity contribution in [2.24, 2.45) is 5.92 Å². The SMILES string of the molecule is COC(=O)c1cc(F)ccc1N1CC(CS(=O)(=O)Cl)CC1=O. The van der Waals surface area contributed by atoms with Gasteiger partial charge in [-0.25, -0.2) is 17.6 Å². The van der Waals surface area contributed by atoms with Gasteiger partial charge in [0, 0.05) is 29.6 Å². The van der Waals surface area contributed by atoms with Crippen LogP contribution in [0.15, 0.2) is 18.2 Å². The number of carbonyl (C=O) groups excluding carboxylic acids is 2. The molecule has 9 heteroatoms. The minimum atomic E-state index is -3.73. The Hall–Kier alpha value is -1.67. The number of anilines is 1. The van der Waals surface area contributed by atoms with Gasteiger partial charge in [0.2, 0.25) is 15.0 Å². The Labute approximate surface area is 131 Å². The molecule has 1 unspecified atom stereocenters. The molecule has 1 fully saturated rings. The van der Waals surface area contributed by atoms with Gasteiger partial charge in [-0.05, 0) is 18.2 Å². The van der Waals surface area contributed by atoms with Gasteiger partial charge in [0.25, 0.3) is 0 Å². The van der Waals surface area contributed by atoms with E-state index in [1.54, 1.807) is 0 Å². The maximum atomic E-state index is 13.3. The number of rotatable bonds is 4. The number of methoxy groups -OCH3 is 1. The third-order valence-corrected chi connectivity index (χ3v) is 4.54. The predicted molar refractivity (Wildman–Crippen MR) is 77.8 cm³/mol. The van der Waals surface area contributed by atoms with Crippen LogP contribution in [0.3, 0.4) is 0 Å². The molecule has 1 saturated heterocycles. The molecule has 1 aromatic rings. The smallest absolute Gasteiger partial charge is 0.340 e. The van der Waals surface area contributed by atoms with Gasteiger partial charge in [0.05, 0.1) is 24.1 Å². The molecule has 2 rings (SSSR count). The standard InChI is InChI=1S/C13H13ClFNO5S/c1-21-13(18)10-5-9(15)2-3-11(10)16-6-8(4-12(16)17)7-22(14,19)20/h2-3,5,8H,4,6-7H2,1H3. The monoisotopic (exact) mass is 349 g/mol. The molecule has 1 aliphatic rings. The first-order valence-electron chi connectivity index (χ1n) is 6.32. The van der Waals surface area contributed by atoms with Crippen LogP contribution in [0.1, 0.15) is 16.8 Å². The third-order valence-electron chi connectivity index (χ3n) is 3.29. The van der Waals surface area contributed by atoms with Gasteiger partial charge >= 0.3 is 5.97 Å². The fourth-order valence-corrected chi connectivity index (χ4v) is 3.75. The van der Waals surface area contributed by atoms with Crippen molar-refractivity contribution < 1.29 is 27.1 Å². The zero-order valence-corrected chi connectivity index (χ0v) is 13.2. The lowest BCUT2D eigenvalue weighted by Gasteiger charge is -2.19. The summed E-state index contributed by atoms with van der Waals surface area (Å²) in [6.45, 7) is 0.0837. The number of amides is 1.